The number of aryl methyl sites for hydroxylation is 1. The van der Waals surface area contributed by atoms with Gasteiger partial charge in [0.25, 0.3) is 5.91 Å². The second-order valence-electron chi connectivity index (χ2n) is 7.41. The summed E-state index contributed by atoms with van der Waals surface area (Å²) in [6.07, 6.45) is 0.738. The second kappa shape index (κ2) is 8.54. The summed E-state index contributed by atoms with van der Waals surface area (Å²) in [5.74, 6) is 0.767. The number of aromatic nitrogens is 2. The van der Waals surface area contributed by atoms with Crippen LogP contribution in [-0.4, -0.2) is 34.2 Å². The van der Waals surface area contributed by atoms with Crippen molar-refractivity contribution < 1.29 is 14.3 Å². The van der Waals surface area contributed by atoms with Crippen LogP contribution < -0.4 is 20.7 Å². The molecule has 1 aliphatic rings. The van der Waals surface area contributed by atoms with Crippen LogP contribution in [0.1, 0.15) is 31.7 Å². The first-order valence-electron chi connectivity index (χ1n) is 10.0. The van der Waals surface area contributed by atoms with Gasteiger partial charge in [0, 0.05) is 18.5 Å². The van der Waals surface area contributed by atoms with Crippen LogP contribution >= 0.6 is 0 Å². The molecule has 1 aliphatic heterocycles. The number of fused-ring (bicyclic) bond motifs is 1. The molecule has 1 aromatic heterocycles. The van der Waals surface area contributed by atoms with Gasteiger partial charge in [-0.05, 0) is 36.2 Å². The van der Waals surface area contributed by atoms with E-state index in [1.807, 2.05) is 56.3 Å². The van der Waals surface area contributed by atoms with E-state index in [9.17, 15) is 9.59 Å². The van der Waals surface area contributed by atoms with E-state index in [1.165, 1.54) is 0 Å². The number of ether oxygens (including phenoxy) is 1. The quantitative estimate of drug-likeness (QED) is 0.584. The molecule has 0 saturated carbocycles. The number of nitrogens with one attached hydrogen (secondary N) is 3. The van der Waals surface area contributed by atoms with E-state index < -0.39 is 6.29 Å². The highest BCUT2D eigenvalue weighted by molar-refractivity contribution is 5.91. The van der Waals surface area contributed by atoms with Crippen LogP contribution in [0.5, 0.6) is 5.75 Å². The molecule has 4 rings (SSSR count). The number of nitrogens with zero attached hydrogens (tertiary/aromatic N) is 2. The topological polar surface area (TPSA) is 97.3 Å². The number of hydrogen-bond acceptors (Lipinski definition) is 5. The lowest BCUT2D eigenvalue weighted by molar-refractivity contribution is -0.125. The van der Waals surface area contributed by atoms with Crippen molar-refractivity contribution in [1.29, 1.82) is 0 Å². The number of rotatable bonds is 6. The lowest BCUT2D eigenvalue weighted by Crippen LogP contribution is -2.53. The molecule has 2 aromatic carbocycles. The molecule has 30 heavy (non-hydrogen) atoms. The van der Waals surface area contributed by atoms with E-state index in [0.29, 0.717) is 18.0 Å². The molecule has 0 bridgehead atoms. The van der Waals surface area contributed by atoms with Crippen LogP contribution in [0.15, 0.2) is 48.5 Å². The predicted octanol–water partition coefficient (Wildman–Crippen LogP) is 2.71. The molecular weight excluding hydrogens is 382 g/mol. The second-order valence-corrected chi connectivity index (χ2v) is 7.41. The van der Waals surface area contributed by atoms with Gasteiger partial charge in [0.1, 0.15) is 11.6 Å². The lowest BCUT2D eigenvalue weighted by Gasteiger charge is -2.31. The van der Waals surface area contributed by atoms with Gasteiger partial charge >= 0.3 is 0 Å². The average molecular weight is 407 g/mol. The molecule has 0 radical (unpaired) electrons. The van der Waals surface area contributed by atoms with Gasteiger partial charge in [-0.25, -0.2) is 4.68 Å². The number of benzene rings is 2. The summed E-state index contributed by atoms with van der Waals surface area (Å²) in [5, 5.41) is 15.6. The first-order valence-corrected chi connectivity index (χ1v) is 10.0. The highest BCUT2D eigenvalue weighted by Gasteiger charge is 2.28. The van der Waals surface area contributed by atoms with Gasteiger partial charge in [0.15, 0.2) is 12.9 Å². The van der Waals surface area contributed by atoms with E-state index in [1.54, 1.807) is 10.7 Å². The van der Waals surface area contributed by atoms with Gasteiger partial charge in [-0.2, -0.15) is 5.10 Å². The van der Waals surface area contributed by atoms with E-state index >= 15 is 0 Å². The fraction of sp³-hybridized carbons (Fsp3) is 0.318. The summed E-state index contributed by atoms with van der Waals surface area (Å²) >= 11 is 0. The van der Waals surface area contributed by atoms with E-state index in [2.05, 4.69) is 21.0 Å². The minimum Gasteiger partial charge on any atom is -0.484 e. The Labute approximate surface area is 174 Å². The van der Waals surface area contributed by atoms with Crippen LogP contribution in [0, 0.1) is 6.92 Å². The maximum Gasteiger partial charge on any atom is 0.263 e. The van der Waals surface area contributed by atoms with Crippen molar-refractivity contribution in [2.75, 3.05) is 11.9 Å². The third-order valence-electron chi connectivity index (χ3n) is 5.08. The molecule has 0 aliphatic carbocycles. The SMILES string of the molecule is CCC1CC(=O)NC(n2nc(C)cc2NC(=O)COc2ccc3ccccc3c2)N1. The molecule has 8 nitrogen and oxygen atoms in total. The predicted molar refractivity (Wildman–Crippen MR) is 114 cm³/mol. The zero-order valence-electron chi connectivity index (χ0n) is 17.0. The Morgan fingerprint density at radius 3 is 2.83 bits per heavy atom. The van der Waals surface area contributed by atoms with Crippen molar-refractivity contribution in [2.24, 2.45) is 0 Å². The van der Waals surface area contributed by atoms with Crippen molar-refractivity contribution in [1.82, 2.24) is 20.4 Å². The molecule has 3 aromatic rings. The monoisotopic (exact) mass is 407 g/mol. The number of carbonyl (C=O) groups is 2. The Hall–Kier alpha value is -3.39. The average Bonchev–Trinajstić information content (AvgIpc) is 3.11. The maximum absolute atomic E-state index is 12.5. The molecule has 2 heterocycles. The molecule has 3 N–H and O–H groups in total. The van der Waals surface area contributed by atoms with Crippen molar-refractivity contribution in [3.8, 4) is 5.75 Å². The molecule has 0 spiro atoms. The fourth-order valence-electron chi connectivity index (χ4n) is 3.54. The minimum absolute atomic E-state index is 0.0457. The number of carbonyl (C=O) groups excluding carboxylic acids is 2. The van der Waals surface area contributed by atoms with Gasteiger partial charge in [0.2, 0.25) is 5.91 Å². The standard InChI is InChI=1S/C22H25N5O3/c1-3-17-12-20(28)25-22(23-17)27-19(10-14(2)26-27)24-21(29)13-30-18-9-8-15-6-4-5-7-16(15)11-18/h4-11,17,22-23H,3,12-13H2,1-2H3,(H,24,29)(H,25,28). The van der Waals surface area contributed by atoms with Crippen molar-refractivity contribution in [3.63, 3.8) is 0 Å². The molecular formula is C22H25N5O3. The summed E-state index contributed by atoms with van der Waals surface area (Å²) in [4.78, 5) is 24.5. The van der Waals surface area contributed by atoms with Crippen LogP contribution in [0.3, 0.4) is 0 Å². The zero-order chi connectivity index (χ0) is 21.1. The maximum atomic E-state index is 12.5. The Balaban J connectivity index is 1.42. The first kappa shape index (κ1) is 19.9. The number of anilines is 1. The Morgan fingerprint density at radius 1 is 1.23 bits per heavy atom. The van der Waals surface area contributed by atoms with Crippen molar-refractivity contribution in [2.45, 2.75) is 39.0 Å². The molecule has 1 saturated heterocycles. The van der Waals surface area contributed by atoms with Crippen molar-refractivity contribution >= 4 is 28.4 Å². The number of hydrogen-bond donors (Lipinski definition) is 3. The van der Waals surface area contributed by atoms with Crippen LogP contribution in [0.25, 0.3) is 10.8 Å². The van der Waals surface area contributed by atoms with Crippen LogP contribution in [0.4, 0.5) is 5.82 Å². The summed E-state index contributed by atoms with van der Waals surface area (Å²) < 4.78 is 7.25. The smallest absolute Gasteiger partial charge is 0.263 e. The third-order valence-corrected chi connectivity index (χ3v) is 5.08. The Morgan fingerprint density at radius 2 is 2.03 bits per heavy atom. The highest BCUT2D eigenvalue weighted by Crippen LogP contribution is 2.21. The lowest BCUT2D eigenvalue weighted by atomic mass is 10.1. The normalized spacial score (nSPS) is 18.8. The fourth-order valence-corrected chi connectivity index (χ4v) is 3.54. The van der Waals surface area contributed by atoms with Gasteiger partial charge in [-0.1, -0.05) is 37.3 Å². The largest absolute Gasteiger partial charge is 0.484 e. The summed E-state index contributed by atoms with van der Waals surface area (Å²) in [6.45, 7) is 3.72. The molecule has 2 unspecified atom stereocenters. The highest BCUT2D eigenvalue weighted by atomic mass is 16.5. The first-order chi connectivity index (χ1) is 14.5. The van der Waals surface area contributed by atoms with Gasteiger partial charge < -0.3 is 15.4 Å². The Bertz CT molecular complexity index is 1080. The van der Waals surface area contributed by atoms with Gasteiger partial charge in [-0.15, -0.1) is 0 Å². The van der Waals surface area contributed by atoms with E-state index in [4.69, 9.17) is 4.74 Å². The number of amides is 2. The zero-order valence-corrected chi connectivity index (χ0v) is 17.0. The molecule has 8 heteroatoms. The van der Waals surface area contributed by atoms with Gasteiger partial charge in [-0.3, -0.25) is 14.9 Å². The Kier molecular flexibility index (Phi) is 5.67. The van der Waals surface area contributed by atoms with Gasteiger partial charge in [0.05, 0.1) is 5.69 Å². The van der Waals surface area contributed by atoms with E-state index in [0.717, 1.165) is 22.9 Å². The van der Waals surface area contributed by atoms with Crippen molar-refractivity contribution in [3.05, 3.63) is 54.2 Å². The third kappa shape index (κ3) is 4.44. The summed E-state index contributed by atoms with van der Waals surface area (Å²) in [7, 11) is 0. The molecule has 2 amide bonds. The van der Waals surface area contributed by atoms with Crippen LogP contribution in [0.2, 0.25) is 0 Å². The molecule has 1 fully saturated rings. The summed E-state index contributed by atoms with van der Waals surface area (Å²) in [5.41, 5.74) is 0.732. The van der Waals surface area contributed by atoms with Crippen LogP contribution in [-0.2, 0) is 9.59 Å². The minimum atomic E-state index is -0.512. The molecule has 156 valence electrons. The molecule has 2 atom stereocenters. The summed E-state index contributed by atoms with van der Waals surface area (Å²) in [6, 6.07) is 15.5. The van der Waals surface area contributed by atoms with E-state index in [-0.39, 0.29) is 24.5 Å².